The lowest BCUT2D eigenvalue weighted by Gasteiger charge is -2.22. The van der Waals surface area contributed by atoms with Crippen molar-refractivity contribution in [3.8, 4) is 0 Å². The number of hydrogen-bond acceptors (Lipinski definition) is 3. The Labute approximate surface area is 111 Å². The van der Waals surface area contributed by atoms with Crippen molar-refractivity contribution >= 4 is 23.5 Å². The zero-order valence-electron chi connectivity index (χ0n) is 10.8. The van der Waals surface area contributed by atoms with Gasteiger partial charge in [0, 0.05) is 6.20 Å². The summed E-state index contributed by atoms with van der Waals surface area (Å²) in [6, 6.07) is 0.761. The van der Waals surface area contributed by atoms with Gasteiger partial charge >= 0.3 is 5.97 Å². The van der Waals surface area contributed by atoms with Gasteiger partial charge in [-0.05, 0) is 33.8 Å². The van der Waals surface area contributed by atoms with Crippen molar-refractivity contribution in [3.63, 3.8) is 0 Å². The summed E-state index contributed by atoms with van der Waals surface area (Å²) in [4.78, 5) is 26.1. The minimum atomic E-state index is -0.723. The van der Waals surface area contributed by atoms with Gasteiger partial charge in [-0.1, -0.05) is 11.6 Å². The molecular weight excluding hydrogens is 256 g/mol. The van der Waals surface area contributed by atoms with Crippen LogP contribution in [0.1, 0.15) is 38.2 Å². The maximum Gasteiger partial charge on any atom is 0.328 e. The predicted octanol–water partition coefficient (Wildman–Crippen LogP) is 2.13. The zero-order valence-corrected chi connectivity index (χ0v) is 11.6. The van der Waals surface area contributed by atoms with E-state index in [1.165, 1.54) is 12.3 Å². The van der Waals surface area contributed by atoms with Crippen molar-refractivity contribution in [2.24, 2.45) is 0 Å². The second-order valence-corrected chi connectivity index (χ2v) is 5.40. The number of ether oxygens (including phenoxy) is 1. The quantitative estimate of drug-likeness (QED) is 0.828. The number of H-pyrrole nitrogens is 1. The normalized spacial score (nSPS) is 12.9. The van der Waals surface area contributed by atoms with Crippen LogP contribution in [0.15, 0.2) is 12.3 Å². The third-order valence-corrected chi connectivity index (χ3v) is 2.22. The van der Waals surface area contributed by atoms with Crippen LogP contribution in [-0.2, 0) is 9.53 Å². The number of aromatic amines is 1. The van der Waals surface area contributed by atoms with Crippen molar-refractivity contribution in [2.45, 2.75) is 39.3 Å². The highest BCUT2D eigenvalue weighted by molar-refractivity contribution is 6.30. The van der Waals surface area contributed by atoms with E-state index in [0.717, 1.165) is 0 Å². The highest BCUT2D eigenvalue weighted by Gasteiger charge is 2.23. The number of amides is 1. The molecule has 0 saturated heterocycles. The largest absolute Gasteiger partial charge is 0.458 e. The minimum Gasteiger partial charge on any atom is -0.458 e. The summed E-state index contributed by atoms with van der Waals surface area (Å²) in [5.41, 5.74) is -0.276. The molecule has 18 heavy (non-hydrogen) atoms. The Morgan fingerprint density at radius 3 is 2.50 bits per heavy atom. The summed E-state index contributed by atoms with van der Waals surface area (Å²) in [5, 5.41) is 2.96. The van der Waals surface area contributed by atoms with Crippen LogP contribution < -0.4 is 5.32 Å². The highest BCUT2D eigenvalue weighted by atomic mass is 35.5. The van der Waals surface area contributed by atoms with E-state index in [9.17, 15) is 9.59 Å². The first-order valence-electron chi connectivity index (χ1n) is 5.56. The maximum atomic E-state index is 11.7. The highest BCUT2D eigenvalue weighted by Crippen LogP contribution is 2.11. The zero-order chi connectivity index (χ0) is 13.9. The Morgan fingerprint density at radius 1 is 1.44 bits per heavy atom. The van der Waals surface area contributed by atoms with Gasteiger partial charge in [0.25, 0.3) is 5.91 Å². The molecule has 1 aromatic rings. The first-order valence-corrected chi connectivity index (χ1v) is 5.94. The fraction of sp³-hybridized carbons (Fsp3) is 0.500. The second-order valence-electron chi connectivity index (χ2n) is 4.96. The lowest BCUT2D eigenvalue weighted by atomic mass is 10.2. The molecule has 0 radical (unpaired) electrons. The third-order valence-electron chi connectivity index (χ3n) is 2.00. The average Bonchev–Trinajstić information content (AvgIpc) is 2.62. The van der Waals surface area contributed by atoms with E-state index in [4.69, 9.17) is 16.3 Å². The molecule has 6 heteroatoms. The molecule has 100 valence electrons. The van der Waals surface area contributed by atoms with Crippen molar-refractivity contribution < 1.29 is 14.3 Å². The van der Waals surface area contributed by atoms with Gasteiger partial charge in [0.05, 0.1) is 5.02 Å². The van der Waals surface area contributed by atoms with E-state index in [1.807, 2.05) is 0 Å². The fourth-order valence-corrected chi connectivity index (χ4v) is 1.39. The Balaban J connectivity index is 2.57. The molecule has 0 aromatic carbocycles. The van der Waals surface area contributed by atoms with Gasteiger partial charge in [-0.3, -0.25) is 4.79 Å². The van der Waals surface area contributed by atoms with E-state index < -0.39 is 23.5 Å². The van der Waals surface area contributed by atoms with Crippen LogP contribution in [-0.4, -0.2) is 28.5 Å². The molecule has 1 heterocycles. The van der Waals surface area contributed by atoms with Crippen LogP contribution in [0.3, 0.4) is 0 Å². The molecule has 1 rings (SSSR count). The number of halogens is 1. The summed E-state index contributed by atoms with van der Waals surface area (Å²) >= 11 is 5.69. The summed E-state index contributed by atoms with van der Waals surface area (Å²) in [5.74, 6) is -0.881. The van der Waals surface area contributed by atoms with E-state index in [1.54, 1.807) is 27.7 Å². The molecule has 0 aliphatic carbocycles. The Hall–Kier alpha value is -1.49. The molecule has 1 atom stereocenters. The number of rotatable bonds is 3. The minimum absolute atomic E-state index is 0.301. The molecule has 5 nitrogen and oxygen atoms in total. The molecule has 1 aromatic heterocycles. The van der Waals surface area contributed by atoms with Crippen molar-refractivity contribution in [2.75, 3.05) is 0 Å². The lowest BCUT2D eigenvalue weighted by molar-refractivity contribution is -0.156. The van der Waals surface area contributed by atoms with Crippen LogP contribution in [0.25, 0.3) is 0 Å². The molecule has 0 unspecified atom stereocenters. The number of nitrogens with one attached hydrogen (secondary N) is 2. The number of carbonyl (C=O) groups excluding carboxylic acids is 2. The topological polar surface area (TPSA) is 71.2 Å². The van der Waals surface area contributed by atoms with Crippen LogP contribution >= 0.6 is 11.6 Å². The first-order chi connectivity index (χ1) is 8.19. The van der Waals surface area contributed by atoms with Crippen molar-refractivity contribution in [1.82, 2.24) is 10.3 Å². The maximum absolute atomic E-state index is 11.7. The van der Waals surface area contributed by atoms with Crippen molar-refractivity contribution in [1.29, 1.82) is 0 Å². The van der Waals surface area contributed by atoms with Crippen LogP contribution in [0.4, 0.5) is 0 Å². The lowest BCUT2D eigenvalue weighted by Crippen LogP contribution is -2.42. The van der Waals surface area contributed by atoms with Crippen LogP contribution in [0, 0.1) is 0 Å². The fourth-order valence-electron chi connectivity index (χ4n) is 1.22. The first kappa shape index (κ1) is 14.6. The van der Waals surface area contributed by atoms with Gasteiger partial charge in [-0.15, -0.1) is 0 Å². The monoisotopic (exact) mass is 272 g/mol. The third kappa shape index (κ3) is 4.41. The Morgan fingerprint density at radius 2 is 2.06 bits per heavy atom. The standard InChI is InChI=1S/C12H17ClN2O3/c1-7(11(17)18-12(2,3)4)15-10(16)9-5-8(13)6-14-9/h5-7,14H,1-4H3,(H,15,16)/t7-/m1/s1. The second kappa shape index (κ2) is 5.44. The van der Waals surface area contributed by atoms with Gasteiger partial charge in [0.2, 0.25) is 0 Å². The molecular formula is C12H17ClN2O3. The molecule has 0 bridgehead atoms. The number of hydrogen-bond donors (Lipinski definition) is 2. The molecule has 0 spiro atoms. The van der Waals surface area contributed by atoms with E-state index in [-0.39, 0.29) is 0 Å². The molecule has 2 N–H and O–H groups in total. The van der Waals surface area contributed by atoms with Crippen LogP contribution in [0.5, 0.6) is 0 Å². The summed E-state index contributed by atoms with van der Waals surface area (Å²) in [6.45, 7) is 6.87. The molecule has 0 aliphatic heterocycles. The van der Waals surface area contributed by atoms with Gasteiger partial charge in [0.15, 0.2) is 0 Å². The van der Waals surface area contributed by atoms with E-state index >= 15 is 0 Å². The number of carbonyl (C=O) groups is 2. The van der Waals surface area contributed by atoms with E-state index in [0.29, 0.717) is 10.7 Å². The number of esters is 1. The van der Waals surface area contributed by atoms with Gasteiger partial charge in [-0.25, -0.2) is 4.79 Å². The smallest absolute Gasteiger partial charge is 0.328 e. The average molecular weight is 273 g/mol. The van der Waals surface area contributed by atoms with Gasteiger partial charge in [-0.2, -0.15) is 0 Å². The Kier molecular flexibility index (Phi) is 4.40. The summed E-state index contributed by atoms with van der Waals surface area (Å²) < 4.78 is 5.15. The summed E-state index contributed by atoms with van der Waals surface area (Å²) in [6.07, 6.45) is 1.49. The SMILES string of the molecule is C[C@@H](NC(=O)c1cc(Cl)c[nH]1)C(=O)OC(C)(C)C. The molecule has 0 aliphatic rings. The van der Waals surface area contributed by atoms with Gasteiger partial charge < -0.3 is 15.0 Å². The Bertz CT molecular complexity index is 448. The summed E-state index contributed by atoms with van der Waals surface area (Å²) in [7, 11) is 0. The number of aromatic nitrogens is 1. The van der Waals surface area contributed by atoms with Crippen molar-refractivity contribution in [3.05, 3.63) is 23.0 Å². The van der Waals surface area contributed by atoms with Crippen LogP contribution in [0.2, 0.25) is 5.02 Å². The predicted molar refractivity (Wildman–Crippen MR) is 68.6 cm³/mol. The molecule has 1 amide bonds. The van der Waals surface area contributed by atoms with E-state index in [2.05, 4.69) is 10.3 Å². The van der Waals surface area contributed by atoms with Gasteiger partial charge in [0.1, 0.15) is 17.3 Å². The molecule has 0 fully saturated rings. The molecule has 0 saturated carbocycles.